The first-order chi connectivity index (χ1) is 13.7. The molecule has 0 atom stereocenters. The third-order valence-corrected chi connectivity index (χ3v) is 4.84. The van der Waals surface area contributed by atoms with Crippen LogP contribution in [0.15, 0.2) is 36.7 Å². The van der Waals surface area contributed by atoms with Gasteiger partial charge in [0, 0.05) is 19.0 Å². The predicted octanol–water partition coefficient (Wildman–Crippen LogP) is 2.42. The number of hydrogen-bond acceptors (Lipinski definition) is 6. The van der Waals surface area contributed by atoms with Crippen molar-refractivity contribution in [2.24, 2.45) is 0 Å². The lowest BCUT2D eigenvalue weighted by Crippen LogP contribution is -2.39. The number of ether oxygens (including phenoxy) is 1. The van der Waals surface area contributed by atoms with Crippen molar-refractivity contribution in [3.63, 3.8) is 0 Å². The maximum Gasteiger partial charge on any atom is 0.415 e. The highest BCUT2D eigenvalue weighted by Crippen LogP contribution is 2.28. The molecule has 142 valence electrons. The fourth-order valence-corrected chi connectivity index (χ4v) is 3.35. The maximum absolute atomic E-state index is 12.3. The molecule has 8 heteroatoms. The topological polar surface area (TPSA) is 99.2 Å². The number of amides is 1. The van der Waals surface area contributed by atoms with E-state index in [1.165, 1.54) is 0 Å². The molecule has 0 unspecified atom stereocenters. The SMILES string of the molecule is C#CCn1cnc2c(N)nc(C3CCN(C(=O)Oc4ccccc4)CC3)nc21. The molecule has 1 fully saturated rings. The van der Waals surface area contributed by atoms with Crippen LogP contribution in [0.4, 0.5) is 10.6 Å². The third kappa shape index (κ3) is 3.47. The summed E-state index contributed by atoms with van der Waals surface area (Å²) >= 11 is 0. The van der Waals surface area contributed by atoms with Gasteiger partial charge in [0.1, 0.15) is 17.1 Å². The predicted molar refractivity (Wildman–Crippen MR) is 105 cm³/mol. The first kappa shape index (κ1) is 17.8. The maximum atomic E-state index is 12.3. The Morgan fingerprint density at radius 1 is 1.25 bits per heavy atom. The Morgan fingerprint density at radius 3 is 2.71 bits per heavy atom. The van der Waals surface area contributed by atoms with Gasteiger partial charge < -0.3 is 19.9 Å². The Bertz CT molecular complexity index is 1030. The molecule has 0 spiro atoms. The minimum absolute atomic E-state index is 0.113. The number of benzene rings is 1. The van der Waals surface area contributed by atoms with Crippen LogP contribution in [0.25, 0.3) is 11.2 Å². The van der Waals surface area contributed by atoms with Crippen LogP contribution in [0.3, 0.4) is 0 Å². The number of fused-ring (bicyclic) bond motifs is 1. The van der Waals surface area contributed by atoms with Crippen molar-refractivity contribution in [3.05, 3.63) is 42.5 Å². The standard InChI is InChI=1S/C20H20N6O2/c1-2-10-26-13-22-16-17(21)23-18(24-19(16)26)14-8-11-25(12-9-14)20(27)28-15-6-4-3-5-7-15/h1,3-7,13-14H,8-12H2,(H2,21,23,24). The normalized spacial score (nSPS) is 14.8. The van der Waals surface area contributed by atoms with Crippen LogP contribution in [0.1, 0.15) is 24.6 Å². The second kappa shape index (κ2) is 7.56. The summed E-state index contributed by atoms with van der Waals surface area (Å²) in [5.41, 5.74) is 7.27. The van der Waals surface area contributed by atoms with Gasteiger partial charge in [-0.2, -0.15) is 0 Å². The molecule has 28 heavy (non-hydrogen) atoms. The monoisotopic (exact) mass is 376 g/mol. The Morgan fingerprint density at radius 2 is 2.00 bits per heavy atom. The van der Waals surface area contributed by atoms with E-state index >= 15 is 0 Å². The number of nitrogens with zero attached hydrogens (tertiary/aromatic N) is 5. The molecule has 0 bridgehead atoms. The van der Waals surface area contributed by atoms with Gasteiger partial charge in [-0.25, -0.2) is 19.7 Å². The van der Waals surface area contributed by atoms with Crippen LogP contribution in [-0.4, -0.2) is 43.6 Å². The fourth-order valence-electron chi connectivity index (χ4n) is 3.35. The number of nitrogens with two attached hydrogens (primary N) is 1. The molecule has 1 amide bonds. The lowest BCUT2D eigenvalue weighted by Gasteiger charge is -2.30. The summed E-state index contributed by atoms with van der Waals surface area (Å²) in [4.78, 5) is 27.4. The molecular weight excluding hydrogens is 356 g/mol. The second-order valence-corrected chi connectivity index (χ2v) is 6.66. The number of para-hydroxylation sites is 1. The van der Waals surface area contributed by atoms with Crippen molar-refractivity contribution in [2.45, 2.75) is 25.3 Å². The number of nitrogen functional groups attached to an aromatic ring is 1. The van der Waals surface area contributed by atoms with Crippen molar-refractivity contribution in [1.82, 2.24) is 24.4 Å². The number of anilines is 1. The molecule has 3 aromatic rings. The van der Waals surface area contributed by atoms with Gasteiger partial charge in [-0.3, -0.25) is 0 Å². The Labute approximate surface area is 162 Å². The van der Waals surface area contributed by atoms with E-state index in [-0.39, 0.29) is 12.0 Å². The smallest absolute Gasteiger partial charge is 0.410 e. The van der Waals surface area contributed by atoms with Gasteiger partial charge in [0.2, 0.25) is 0 Å². The summed E-state index contributed by atoms with van der Waals surface area (Å²) in [5, 5.41) is 0. The second-order valence-electron chi connectivity index (χ2n) is 6.66. The largest absolute Gasteiger partial charge is 0.415 e. The van der Waals surface area contributed by atoms with E-state index in [0.29, 0.717) is 48.2 Å². The highest BCUT2D eigenvalue weighted by molar-refractivity contribution is 5.81. The highest BCUT2D eigenvalue weighted by atomic mass is 16.6. The van der Waals surface area contributed by atoms with Gasteiger partial charge in [0.25, 0.3) is 0 Å². The van der Waals surface area contributed by atoms with Crippen molar-refractivity contribution >= 4 is 23.1 Å². The van der Waals surface area contributed by atoms with Gasteiger partial charge in [0.15, 0.2) is 11.5 Å². The van der Waals surface area contributed by atoms with Crippen LogP contribution in [0.5, 0.6) is 5.75 Å². The van der Waals surface area contributed by atoms with Crippen molar-refractivity contribution < 1.29 is 9.53 Å². The molecule has 0 aliphatic carbocycles. The molecular formula is C20H20N6O2. The third-order valence-electron chi connectivity index (χ3n) is 4.84. The minimum Gasteiger partial charge on any atom is -0.410 e. The number of hydrogen-bond donors (Lipinski definition) is 1. The summed E-state index contributed by atoms with van der Waals surface area (Å²) in [6, 6.07) is 9.06. The van der Waals surface area contributed by atoms with Gasteiger partial charge >= 0.3 is 6.09 Å². The molecule has 2 N–H and O–H groups in total. The van der Waals surface area contributed by atoms with Gasteiger partial charge in [-0.15, -0.1) is 6.42 Å². The average Bonchev–Trinajstić information content (AvgIpc) is 3.13. The van der Waals surface area contributed by atoms with E-state index in [4.69, 9.17) is 16.9 Å². The molecule has 0 saturated carbocycles. The van der Waals surface area contributed by atoms with E-state index in [1.807, 2.05) is 18.2 Å². The highest BCUT2D eigenvalue weighted by Gasteiger charge is 2.27. The first-order valence-corrected chi connectivity index (χ1v) is 9.09. The molecule has 0 radical (unpaired) electrons. The van der Waals surface area contributed by atoms with E-state index < -0.39 is 0 Å². The number of terminal acetylenes is 1. The number of carbonyl (C=O) groups is 1. The van der Waals surface area contributed by atoms with Crippen molar-refractivity contribution in [2.75, 3.05) is 18.8 Å². The zero-order valence-electron chi connectivity index (χ0n) is 15.3. The van der Waals surface area contributed by atoms with Crippen LogP contribution >= 0.6 is 0 Å². The Kier molecular flexibility index (Phi) is 4.81. The minimum atomic E-state index is -0.340. The van der Waals surface area contributed by atoms with Gasteiger partial charge in [-0.1, -0.05) is 24.1 Å². The first-order valence-electron chi connectivity index (χ1n) is 9.09. The molecule has 1 aromatic carbocycles. The fraction of sp³-hybridized carbons (Fsp3) is 0.300. The quantitative estimate of drug-likeness (QED) is 0.705. The zero-order chi connectivity index (χ0) is 19.5. The van der Waals surface area contributed by atoms with E-state index in [9.17, 15) is 4.79 Å². The summed E-state index contributed by atoms with van der Waals surface area (Å²) in [5.74, 6) is 4.25. The molecule has 1 aliphatic rings. The van der Waals surface area contributed by atoms with Crippen molar-refractivity contribution in [3.8, 4) is 18.1 Å². The lowest BCUT2D eigenvalue weighted by atomic mass is 9.96. The van der Waals surface area contributed by atoms with E-state index in [0.717, 1.165) is 12.8 Å². The van der Waals surface area contributed by atoms with E-state index in [1.54, 1.807) is 27.9 Å². The lowest BCUT2D eigenvalue weighted by molar-refractivity contribution is 0.138. The Hall–Kier alpha value is -3.60. The summed E-state index contributed by atoms with van der Waals surface area (Å²) in [6.45, 7) is 1.51. The molecule has 2 aromatic heterocycles. The average molecular weight is 376 g/mol. The zero-order valence-corrected chi connectivity index (χ0v) is 15.3. The van der Waals surface area contributed by atoms with Gasteiger partial charge in [-0.05, 0) is 25.0 Å². The van der Waals surface area contributed by atoms with Gasteiger partial charge in [0.05, 0.1) is 12.9 Å². The van der Waals surface area contributed by atoms with Crippen LogP contribution in [0.2, 0.25) is 0 Å². The summed E-state index contributed by atoms with van der Waals surface area (Å²) in [7, 11) is 0. The number of likely N-dealkylation sites (tertiary alicyclic amines) is 1. The Balaban J connectivity index is 1.45. The van der Waals surface area contributed by atoms with Crippen molar-refractivity contribution in [1.29, 1.82) is 0 Å². The number of piperidine rings is 1. The molecule has 1 aliphatic heterocycles. The van der Waals surface area contributed by atoms with E-state index in [2.05, 4.69) is 20.9 Å². The number of rotatable bonds is 3. The number of aromatic nitrogens is 4. The molecule has 3 heterocycles. The number of carbonyl (C=O) groups excluding carboxylic acids is 1. The molecule has 1 saturated heterocycles. The van der Waals surface area contributed by atoms with Crippen LogP contribution < -0.4 is 10.5 Å². The molecule has 4 rings (SSSR count). The summed E-state index contributed by atoms with van der Waals surface area (Å²) < 4.78 is 7.19. The van der Waals surface area contributed by atoms with Crippen LogP contribution in [0, 0.1) is 12.3 Å². The van der Waals surface area contributed by atoms with Crippen LogP contribution in [-0.2, 0) is 6.54 Å². The summed E-state index contributed by atoms with van der Waals surface area (Å²) in [6.07, 6.45) is 8.16. The number of imidazole rings is 1. The molecule has 8 nitrogen and oxygen atoms in total.